The van der Waals surface area contributed by atoms with E-state index < -0.39 is 0 Å². The van der Waals surface area contributed by atoms with Gasteiger partial charge in [0.15, 0.2) is 5.78 Å². The molecule has 0 N–H and O–H groups in total. The zero-order chi connectivity index (χ0) is 18.5. The first-order valence-electron chi connectivity index (χ1n) is 9.02. The van der Waals surface area contributed by atoms with Gasteiger partial charge in [0.1, 0.15) is 29.8 Å². The van der Waals surface area contributed by atoms with Gasteiger partial charge >= 0.3 is 0 Å². The number of ether oxygens (including phenoxy) is 2. The third-order valence-electron chi connectivity index (χ3n) is 4.47. The van der Waals surface area contributed by atoms with Crippen LogP contribution in [0.4, 0.5) is 0 Å². The predicted octanol–water partition coefficient (Wildman–Crippen LogP) is 5.31. The van der Waals surface area contributed by atoms with Gasteiger partial charge in [-0.15, -0.1) is 0 Å². The van der Waals surface area contributed by atoms with Gasteiger partial charge in [-0.25, -0.2) is 0 Å². The van der Waals surface area contributed by atoms with Gasteiger partial charge in [0.25, 0.3) is 0 Å². The maximum absolute atomic E-state index is 12.7. The van der Waals surface area contributed by atoms with Crippen LogP contribution >= 0.6 is 0 Å². The molecule has 0 fully saturated rings. The molecular weight excluding hydrogens is 336 g/mol. The minimum atomic E-state index is -0.269. The Hall–Kier alpha value is -3.33. The lowest BCUT2D eigenvalue weighted by Crippen LogP contribution is -2.25. The van der Waals surface area contributed by atoms with Gasteiger partial charge in [-0.1, -0.05) is 72.8 Å². The van der Waals surface area contributed by atoms with Crippen LogP contribution in [0.5, 0.6) is 11.5 Å². The van der Waals surface area contributed by atoms with Crippen LogP contribution in [0.2, 0.25) is 0 Å². The molecule has 0 aromatic heterocycles. The van der Waals surface area contributed by atoms with E-state index in [1.165, 1.54) is 0 Å². The molecule has 3 nitrogen and oxygen atoms in total. The van der Waals surface area contributed by atoms with E-state index in [0.29, 0.717) is 30.1 Å². The fraction of sp³-hybridized carbons (Fsp3) is 0.125. The predicted molar refractivity (Wildman–Crippen MR) is 106 cm³/mol. The summed E-state index contributed by atoms with van der Waals surface area (Å²) < 4.78 is 11.9. The fourth-order valence-corrected chi connectivity index (χ4v) is 3.12. The van der Waals surface area contributed by atoms with Gasteiger partial charge in [0.2, 0.25) is 0 Å². The lowest BCUT2D eigenvalue weighted by molar-refractivity contribution is 0.0887. The Morgan fingerprint density at radius 3 is 2.44 bits per heavy atom. The molecule has 3 aromatic rings. The number of ketones is 1. The molecule has 27 heavy (non-hydrogen) atoms. The lowest BCUT2D eigenvalue weighted by atomic mass is 9.99. The van der Waals surface area contributed by atoms with Gasteiger partial charge in [0.05, 0.1) is 6.42 Å². The van der Waals surface area contributed by atoms with Crippen LogP contribution in [0.15, 0.2) is 84.9 Å². The molecule has 0 saturated carbocycles. The summed E-state index contributed by atoms with van der Waals surface area (Å²) in [4.78, 5) is 12.7. The molecule has 0 aliphatic carbocycles. The van der Waals surface area contributed by atoms with E-state index in [0.717, 1.165) is 11.1 Å². The van der Waals surface area contributed by atoms with Crippen molar-refractivity contribution in [2.45, 2.75) is 19.1 Å². The van der Waals surface area contributed by atoms with Crippen LogP contribution in [0.3, 0.4) is 0 Å². The summed E-state index contributed by atoms with van der Waals surface area (Å²) >= 11 is 0. The summed E-state index contributed by atoms with van der Waals surface area (Å²) in [6.07, 6.45) is 3.96. The lowest BCUT2D eigenvalue weighted by Gasteiger charge is -2.24. The Balaban J connectivity index is 1.50. The van der Waals surface area contributed by atoms with Crippen LogP contribution in [-0.4, -0.2) is 11.9 Å². The molecule has 0 bridgehead atoms. The number of carbonyl (C=O) groups excluding carboxylic acids is 1. The smallest absolute Gasteiger partial charge is 0.174 e. The molecule has 1 atom stereocenters. The van der Waals surface area contributed by atoms with Crippen molar-refractivity contribution in [2.75, 3.05) is 0 Å². The number of Topliss-reactive ketones (excluding diaryl/α,β-unsaturated/α-hetero) is 1. The second-order valence-corrected chi connectivity index (χ2v) is 6.46. The van der Waals surface area contributed by atoms with E-state index >= 15 is 0 Å². The second-order valence-electron chi connectivity index (χ2n) is 6.46. The van der Waals surface area contributed by atoms with Gasteiger partial charge < -0.3 is 9.47 Å². The van der Waals surface area contributed by atoms with E-state index in [-0.39, 0.29) is 11.9 Å². The summed E-state index contributed by atoms with van der Waals surface area (Å²) in [5, 5.41) is 0. The third kappa shape index (κ3) is 4.09. The number of fused-ring (bicyclic) bond motifs is 1. The van der Waals surface area contributed by atoms with Gasteiger partial charge in [0, 0.05) is 0 Å². The number of carbonyl (C=O) groups is 1. The molecule has 1 unspecified atom stereocenters. The standard InChI is InChI=1S/C24H20O3/c25-21-16-20(15-14-18-8-3-1-4-9-18)27-23-13-7-12-22(24(21)23)26-17-19-10-5-2-6-11-19/h1-15,20H,16-17H2/b15-14+. The molecule has 4 rings (SSSR count). The molecule has 0 amide bonds. The molecule has 0 saturated heterocycles. The van der Waals surface area contributed by atoms with E-state index in [1.807, 2.05) is 91.0 Å². The van der Waals surface area contributed by atoms with Gasteiger partial charge in [-0.05, 0) is 29.3 Å². The highest BCUT2D eigenvalue weighted by Gasteiger charge is 2.28. The first-order valence-corrected chi connectivity index (χ1v) is 9.02. The zero-order valence-corrected chi connectivity index (χ0v) is 14.9. The van der Waals surface area contributed by atoms with Crippen molar-refractivity contribution in [3.8, 4) is 11.5 Å². The summed E-state index contributed by atoms with van der Waals surface area (Å²) in [5.41, 5.74) is 2.68. The third-order valence-corrected chi connectivity index (χ3v) is 4.47. The molecule has 3 heteroatoms. The highest BCUT2D eigenvalue weighted by molar-refractivity contribution is 6.02. The topological polar surface area (TPSA) is 35.5 Å². The summed E-state index contributed by atoms with van der Waals surface area (Å²) in [6.45, 7) is 0.419. The van der Waals surface area contributed by atoms with Crippen LogP contribution in [0.25, 0.3) is 6.08 Å². The summed E-state index contributed by atoms with van der Waals surface area (Å²) in [5.74, 6) is 1.20. The second kappa shape index (κ2) is 7.92. The monoisotopic (exact) mass is 356 g/mol. The Morgan fingerprint density at radius 2 is 1.67 bits per heavy atom. The minimum Gasteiger partial charge on any atom is -0.488 e. The minimum absolute atomic E-state index is 0.0441. The van der Waals surface area contributed by atoms with Crippen LogP contribution < -0.4 is 9.47 Å². The summed E-state index contributed by atoms with van der Waals surface area (Å²) in [7, 11) is 0. The average Bonchev–Trinajstić information content (AvgIpc) is 2.72. The molecule has 0 spiro atoms. The van der Waals surface area contributed by atoms with E-state index in [9.17, 15) is 4.79 Å². The molecular formula is C24H20O3. The Morgan fingerprint density at radius 1 is 0.926 bits per heavy atom. The molecule has 1 aliphatic rings. The highest BCUT2D eigenvalue weighted by atomic mass is 16.5. The van der Waals surface area contributed by atoms with Gasteiger partial charge in [-0.2, -0.15) is 0 Å². The number of hydrogen-bond acceptors (Lipinski definition) is 3. The van der Waals surface area contributed by atoms with Crippen molar-refractivity contribution < 1.29 is 14.3 Å². The van der Waals surface area contributed by atoms with E-state index in [1.54, 1.807) is 0 Å². The maximum Gasteiger partial charge on any atom is 0.174 e. The van der Waals surface area contributed by atoms with Crippen molar-refractivity contribution in [1.29, 1.82) is 0 Å². The first-order chi connectivity index (χ1) is 13.3. The van der Waals surface area contributed by atoms with Gasteiger partial charge in [-0.3, -0.25) is 4.79 Å². The maximum atomic E-state index is 12.7. The number of benzene rings is 3. The molecule has 134 valence electrons. The van der Waals surface area contributed by atoms with Crippen molar-refractivity contribution in [3.05, 3.63) is 102 Å². The molecule has 1 aliphatic heterocycles. The molecule has 3 aromatic carbocycles. The first kappa shape index (κ1) is 17.1. The zero-order valence-electron chi connectivity index (χ0n) is 14.9. The van der Waals surface area contributed by atoms with Crippen molar-refractivity contribution in [3.63, 3.8) is 0 Å². The normalized spacial score (nSPS) is 16.0. The fourth-order valence-electron chi connectivity index (χ4n) is 3.12. The Labute approximate surface area is 158 Å². The SMILES string of the molecule is O=C1CC(/C=C/c2ccccc2)Oc2cccc(OCc3ccccc3)c21. The molecule has 0 radical (unpaired) electrons. The van der Waals surface area contributed by atoms with E-state index in [4.69, 9.17) is 9.47 Å². The Bertz CT molecular complexity index is 946. The Kier molecular flexibility index (Phi) is 5.01. The summed E-state index contributed by atoms with van der Waals surface area (Å²) in [6, 6.07) is 25.4. The van der Waals surface area contributed by atoms with Crippen molar-refractivity contribution in [1.82, 2.24) is 0 Å². The number of hydrogen-bond donors (Lipinski definition) is 0. The molecule has 1 heterocycles. The van der Waals surface area contributed by atoms with Crippen molar-refractivity contribution >= 4 is 11.9 Å². The van der Waals surface area contributed by atoms with Crippen LogP contribution in [0.1, 0.15) is 27.9 Å². The highest BCUT2D eigenvalue weighted by Crippen LogP contribution is 2.35. The van der Waals surface area contributed by atoms with E-state index in [2.05, 4.69) is 0 Å². The largest absolute Gasteiger partial charge is 0.488 e. The average molecular weight is 356 g/mol. The van der Waals surface area contributed by atoms with Crippen LogP contribution in [-0.2, 0) is 6.61 Å². The quantitative estimate of drug-likeness (QED) is 0.621. The van der Waals surface area contributed by atoms with Crippen LogP contribution in [0, 0.1) is 0 Å². The van der Waals surface area contributed by atoms with Crippen molar-refractivity contribution in [2.24, 2.45) is 0 Å². The number of rotatable bonds is 5.